The largest absolute Gasteiger partial charge is 0.459 e. The van der Waals surface area contributed by atoms with E-state index in [0.29, 0.717) is 62.0 Å². The fraction of sp³-hybridized carbons (Fsp3) is 0.783. The summed E-state index contributed by atoms with van der Waals surface area (Å²) >= 11 is 0. The number of aliphatic imine (C=N–C) groups is 1. The Morgan fingerprint density at radius 3 is 2.31 bits per heavy atom. The number of alkyl halides is 1. The van der Waals surface area contributed by atoms with Crippen molar-refractivity contribution >= 4 is 23.8 Å². The molecular weight excluding hydrogens is 800 g/mol. The summed E-state index contributed by atoms with van der Waals surface area (Å²) < 4.78 is 39.2. The number of methoxy groups -OCH3 is 1. The van der Waals surface area contributed by atoms with Gasteiger partial charge in [0, 0.05) is 71.0 Å². The van der Waals surface area contributed by atoms with E-state index in [1.807, 2.05) is 53.6 Å². The van der Waals surface area contributed by atoms with Gasteiger partial charge in [-0.1, -0.05) is 39.8 Å². The summed E-state index contributed by atoms with van der Waals surface area (Å²) in [6.45, 7) is 15.0. The predicted molar refractivity (Wildman–Crippen MR) is 240 cm³/mol. The highest BCUT2D eigenvalue weighted by atomic mass is 19.1. The van der Waals surface area contributed by atoms with Crippen molar-refractivity contribution in [2.75, 3.05) is 55.1 Å². The van der Waals surface area contributed by atoms with Crippen LogP contribution >= 0.6 is 0 Å². The Hall–Kier alpha value is -3.09. The van der Waals surface area contributed by atoms with Crippen molar-refractivity contribution in [1.29, 1.82) is 0 Å². The number of hydrogen-bond donors (Lipinski definition) is 4. The third-order valence-corrected chi connectivity index (χ3v) is 13.0. The van der Waals surface area contributed by atoms with Crippen LogP contribution in [0, 0.1) is 17.8 Å². The van der Waals surface area contributed by atoms with E-state index in [4.69, 9.17) is 24.8 Å². The molecule has 16 heteroatoms. The quantitative estimate of drug-likeness (QED) is 0.0881. The molecule has 1 aromatic rings. The number of hydrazone groups is 1. The van der Waals surface area contributed by atoms with Crippen LogP contribution in [0.25, 0.3) is 0 Å². The highest BCUT2D eigenvalue weighted by molar-refractivity contribution is 6.30. The van der Waals surface area contributed by atoms with Crippen LogP contribution in [0.4, 0.5) is 4.39 Å². The molecule has 2 saturated heterocycles. The van der Waals surface area contributed by atoms with E-state index in [1.54, 1.807) is 52.2 Å². The van der Waals surface area contributed by atoms with E-state index in [-0.39, 0.29) is 29.9 Å². The highest BCUT2D eigenvalue weighted by Crippen LogP contribution is 2.36. The first-order valence-electron chi connectivity index (χ1n) is 22.3. The minimum atomic E-state index is -1.69. The minimum absolute atomic E-state index is 0.0329. The van der Waals surface area contributed by atoms with Crippen molar-refractivity contribution < 1.29 is 48.2 Å². The lowest BCUT2D eigenvalue weighted by molar-refractivity contribution is -0.262. The van der Waals surface area contributed by atoms with Crippen LogP contribution in [0.3, 0.4) is 0 Å². The summed E-state index contributed by atoms with van der Waals surface area (Å²) in [5.41, 5.74) is -1.34. The lowest BCUT2D eigenvalue weighted by Crippen LogP contribution is -2.59. The number of likely N-dealkylation sites (N-methyl/N-ethyl adjacent to an activating group) is 1. The fourth-order valence-corrected chi connectivity index (χ4v) is 9.30. The number of hydrogen-bond acceptors (Lipinski definition) is 14. The molecule has 2 aliphatic heterocycles. The third-order valence-electron chi connectivity index (χ3n) is 13.0. The molecule has 0 spiro atoms. The predicted octanol–water partition coefficient (Wildman–Crippen LogP) is 4.61. The van der Waals surface area contributed by atoms with Crippen molar-refractivity contribution in [2.24, 2.45) is 33.7 Å². The number of halogens is 1. The molecule has 0 aliphatic carbocycles. The summed E-state index contributed by atoms with van der Waals surface area (Å²) in [6.07, 6.45) is -0.144. The number of nitrogens with zero attached hydrogens (tertiary/aromatic N) is 5. The standard InChI is InChI=1S/C46H79FN6O9/c1-14-38-46(8,58)41(54)32(6)53(12)27-28(2)24-45(7,57)42(29(3)21-30(4)44(56)61-38)62-39-23-36(22-31(5)60-39)52(11)20-19-35(50-48)26-49-37(25-47)40(59-13)33-15-17-34(18-16-33)43(55)51(9)10/h15-18,26,28-32,36-42,54,57-58H,14,19-25,27,48H2,1-13H3/t28-,29+,30-,31-,32-,36+,37-,38-,39+,40-,41-,42-,45-,46-/m1/s1. The average molecular weight is 879 g/mol. The zero-order valence-corrected chi connectivity index (χ0v) is 39.7. The Morgan fingerprint density at radius 2 is 1.74 bits per heavy atom. The van der Waals surface area contributed by atoms with Gasteiger partial charge < -0.3 is 54.8 Å². The zero-order chi connectivity index (χ0) is 46.7. The number of aliphatic hydroxyl groups excluding tert-OH is 1. The van der Waals surface area contributed by atoms with Crippen molar-refractivity contribution in [3.8, 4) is 0 Å². The first-order chi connectivity index (χ1) is 29.0. The van der Waals surface area contributed by atoms with Gasteiger partial charge in [-0.3, -0.25) is 14.6 Å². The maximum atomic E-state index is 14.4. The summed E-state index contributed by atoms with van der Waals surface area (Å²) in [5, 5.41) is 39.1. The Balaban J connectivity index is 1.76. The number of cyclic esters (lactones) is 1. The van der Waals surface area contributed by atoms with Gasteiger partial charge in [-0.2, -0.15) is 5.10 Å². The van der Waals surface area contributed by atoms with Crippen molar-refractivity contribution in [3.63, 3.8) is 0 Å². The van der Waals surface area contributed by atoms with Crippen LogP contribution in [-0.4, -0.2) is 169 Å². The third kappa shape index (κ3) is 14.2. The molecule has 14 atom stereocenters. The molecule has 3 rings (SSSR count). The van der Waals surface area contributed by atoms with E-state index in [2.05, 4.69) is 15.0 Å². The first-order valence-corrected chi connectivity index (χ1v) is 22.3. The molecule has 2 heterocycles. The number of amides is 1. The molecule has 0 unspecified atom stereocenters. The molecular formula is C46H79FN6O9. The number of benzene rings is 1. The van der Waals surface area contributed by atoms with Crippen LogP contribution < -0.4 is 5.84 Å². The smallest absolute Gasteiger partial charge is 0.309 e. The molecule has 2 aliphatic rings. The number of nitrogens with two attached hydrogens (primary N) is 1. The monoisotopic (exact) mass is 879 g/mol. The second-order valence-corrected chi connectivity index (χ2v) is 18.9. The van der Waals surface area contributed by atoms with Crippen molar-refractivity contribution in [3.05, 3.63) is 35.4 Å². The van der Waals surface area contributed by atoms with E-state index < -0.39 is 72.6 Å². The Morgan fingerprint density at radius 1 is 1.10 bits per heavy atom. The SMILES string of the molecule is CC[C@H]1OC(=O)[C@H](C)C[C@H](C)[C@@H](O[C@H]2C[C@@H](N(C)CCC(C=N[C@H](CF)[C@H](OC)c3ccc(C(=O)N(C)C)cc3)=NN)C[C@@H](C)O2)[C@](C)(O)C[C@@H](C)CN(C)[C@H](C)[C@@H](O)[C@]1(C)O. The van der Waals surface area contributed by atoms with Gasteiger partial charge in [-0.05, 0) is 97.0 Å². The second kappa shape index (κ2) is 23.7. The summed E-state index contributed by atoms with van der Waals surface area (Å²) in [5.74, 6) is 4.25. The number of aliphatic hydroxyl groups is 3. The lowest BCUT2D eigenvalue weighted by atomic mass is 9.79. The lowest BCUT2D eigenvalue weighted by Gasteiger charge is -2.44. The van der Waals surface area contributed by atoms with Gasteiger partial charge in [-0.25, -0.2) is 4.39 Å². The van der Waals surface area contributed by atoms with Gasteiger partial charge in [0.05, 0.1) is 29.4 Å². The maximum Gasteiger partial charge on any atom is 0.309 e. The minimum Gasteiger partial charge on any atom is -0.459 e. The number of esters is 1. The molecule has 1 amide bonds. The average Bonchev–Trinajstić information content (AvgIpc) is 3.22. The molecule has 354 valence electrons. The molecule has 0 radical (unpaired) electrons. The normalized spacial score (nSPS) is 34.9. The fourth-order valence-electron chi connectivity index (χ4n) is 9.30. The first kappa shape index (κ1) is 53.2. The van der Waals surface area contributed by atoms with Crippen LogP contribution in [0.5, 0.6) is 0 Å². The second-order valence-electron chi connectivity index (χ2n) is 18.9. The maximum absolute atomic E-state index is 14.4. The molecule has 2 fully saturated rings. The molecule has 5 N–H and O–H groups in total. The van der Waals surface area contributed by atoms with Gasteiger partial charge in [-0.15, -0.1) is 0 Å². The zero-order valence-electron chi connectivity index (χ0n) is 39.7. The Bertz CT molecular complexity index is 1610. The van der Waals surface area contributed by atoms with E-state index in [9.17, 15) is 29.3 Å². The van der Waals surface area contributed by atoms with Gasteiger partial charge in [0.2, 0.25) is 0 Å². The molecule has 0 bridgehead atoms. The summed E-state index contributed by atoms with van der Waals surface area (Å²) in [7, 11) is 8.73. The van der Waals surface area contributed by atoms with E-state index in [0.717, 1.165) is 6.42 Å². The highest BCUT2D eigenvalue weighted by Gasteiger charge is 2.47. The number of rotatable bonds is 14. The number of carbonyl (C=O) groups excluding carboxylic acids is 2. The Labute approximate surface area is 370 Å². The molecule has 15 nitrogen and oxygen atoms in total. The van der Waals surface area contributed by atoms with E-state index >= 15 is 0 Å². The van der Waals surface area contributed by atoms with Crippen LogP contribution in [0.15, 0.2) is 34.4 Å². The number of carbonyl (C=O) groups is 2. The molecule has 62 heavy (non-hydrogen) atoms. The summed E-state index contributed by atoms with van der Waals surface area (Å²) in [6, 6.07) is 5.55. The van der Waals surface area contributed by atoms with Crippen LogP contribution in [0.1, 0.15) is 116 Å². The Kier molecular flexibility index (Phi) is 20.4. The topological polar surface area (TPSA) is 192 Å². The van der Waals surface area contributed by atoms with E-state index in [1.165, 1.54) is 25.1 Å². The summed E-state index contributed by atoms with van der Waals surface area (Å²) in [4.78, 5) is 36.0. The van der Waals surface area contributed by atoms with Gasteiger partial charge in [0.25, 0.3) is 5.91 Å². The molecule has 0 saturated carbocycles. The number of ether oxygens (including phenoxy) is 4. The van der Waals surface area contributed by atoms with Crippen molar-refractivity contribution in [1.82, 2.24) is 14.7 Å². The molecule has 1 aromatic carbocycles. The van der Waals surface area contributed by atoms with Gasteiger partial charge >= 0.3 is 5.97 Å². The molecule has 0 aromatic heterocycles. The van der Waals surface area contributed by atoms with Gasteiger partial charge in [0.15, 0.2) is 6.29 Å². The van der Waals surface area contributed by atoms with Gasteiger partial charge in [0.1, 0.15) is 36.6 Å². The van der Waals surface area contributed by atoms with Crippen LogP contribution in [0.2, 0.25) is 0 Å². The van der Waals surface area contributed by atoms with Crippen LogP contribution in [-0.2, 0) is 23.7 Å². The van der Waals surface area contributed by atoms with Crippen molar-refractivity contribution in [2.45, 2.75) is 160 Å².